The number of aromatic amines is 1. The van der Waals surface area contributed by atoms with E-state index in [0.29, 0.717) is 41.2 Å². The standard InChI is InChI=1S/C26H23N3O7S/c1-34-26(31)18-5-2-6-21(11-18)37(32,33)29(15-17-4-3-7-27-14-17)16-20-10-19-12-23-24(36-9-8-35-23)13-22(19)28-25(20)30/h2-7,10-14H,8-9,15-16H2,1H3,(H,28,30). The van der Waals surface area contributed by atoms with Crippen LogP contribution in [0.4, 0.5) is 0 Å². The summed E-state index contributed by atoms with van der Waals surface area (Å²) in [5, 5.41) is 0.672. The van der Waals surface area contributed by atoms with Crippen LogP contribution in [0.2, 0.25) is 0 Å². The summed E-state index contributed by atoms with van der Waals surface area (Å²) in [5.74, 6) is 0.431. The second-order valence-electron chi connectivity index (χ2n) is 8.36. The van der Waals surface area contributed by atoms with E-state index in [1.807, 2.05) is 0 Å². The van der Waals surface area contributed by atoms with E-state index in [1.165, 1.54) is 35.7 Å². The molecule has 2 aromatic heterocycles. The van der Waals surface area contributed by atoms with E-state index < -0.39 is 21.6 Å². The Balaban J connectivity index is 1.56. The van der Waals surface area contributed by atoms with Crippen LogP contribution in [0.1, 0.15) is 21.5 Å². The number of hydrogen-bond donors (Lipinski definition) is 1. The molecule has 5 rings (SSSR count). The van der Waals surface area contributed by atoms with Crippen molar-refractivity contribution in [3.63, 3.8) is 0 Å². The number of benzene rings is 2. The molecule has 3 heterocycles. The number of fused-ring (bicyclic) bond motifs is 2. The highest BCUT2D eigenvalue weighted by atomic mass is 32.2. The van der Waals surface area contributed by atoms with Crippen molar-refractivity contribution in [3.8, 4) is 11.5 Å². The average molecular weight is 522 g/mol. The van der Waals surface area contributed by atoms with Gasteiger partial charge in [0.05, 0.1) is 23.1 Å². The summed E-state index contributed by atoms with van der Waals surface area (Å²) in [6.07, 6.45) is 3.14. The van der Waals surface area contributed by atoms with E-state index in [9.17, 15) is 18.0 Å². The minimum atomic E-state index is -4.15. The Morgan fingerprint density at radius 1 is 1.05 bits per heavy atom. The maximum Gasteiger partial charge on any atom is 0.337 e. The lowest BCUT2D eigenvalue weighted by Gasteiger charge is -2.23. The van der Waals surface area contributed by atoms with E-state index in [0.717, 1.165) is 0 Å². The largest absolute Gasteiger partial charge is 0.486 e. The molecular weight excluding hydrogens is 498 g/mol. The van der Waals surface area contributed by atoms with Crippen molar-refractivity contribution in [2.45, 2.75) is 18.0 Å². The normalized spacial score (nSPS) is 13.0. The second-order valence-corrected chi connectivity index (χ2v) is 10.3. The van der Waals surface area contributed by atoms with Crippen molar-refractivity contribution < 1.29 is 27.4 Å². The molecule has 0 spiro atoms. The molecule has 190 valence electrons. The Morgan fingerprint density at radius 3 is 2.57 bits per heavy atom. The van der Waals surface area contributed by atoms with Crippen LogP contribution in [-0.4, -0.2) is 49.0 Å². The highest BCUT2D eigenvalue weighted by Crippen LogP contribution is 2.34. The molecule has 0 aliphatic carbocycles. The molecule has 1 N–H and O–H groups in total. The zero-order valence-corrected chi connectivity index (χ0v) is 20.7. The number of esters is 1. The molecule has 2 aromatic carbocycles. The predicted octanol–water partition coefficient (Wildman–Crippen LogP) is 2.87. The van der Waals surface area contributed by atoms with Gasteiger partial charge in [0.25, 0.3) is 5.56 Å². The summed E-state index contributed by atoms with van der Waals surface area (Å²) >= 11 is 0. The van der Waals surface area contributed by atoms with Crippen LogP contribution in [0, 0.1) is 0 Å². The van der Waals surface area contributed by atoms with Crippen LogP contribution >= 0.6 is 0 Å². The van der Waals surface area contributed by atoms with E-state index in [1.54, 1.807) is 42.7 Å². The number of ether oxygens (including phenoxy) is 3. The van der Waals surface area contributed by atoms with Gasteiger partial charge in [0, 0.05) is 42.5 Å². The number of rotatable bonds is 7. The number of aromatic nitrogens is 2. The molecular formula is C26H23N3O7S. The predicted molar refractivity (Wildman–Crippen MR) is 134 cm³/mol. The fourth-order valence-corrected chi connectivity index (χ4v) is 5.52. The van der Waals surface area contributed by atoms with Crippen LogP contribution in [0.5, 0.6) is 11.5 Å². The molecule has 0 radical (unpaired) electrons. The van der Waals surface area contributed by atoms with Crippen molar-refractivity contribution in [2.75, 3.05) is 20.3 Å². The number of sulfonamides is 1. The van der Waals surface area contributed by atoms with Gasteiger partial charge in [0.1, 0.15) is 13.2 Å². The van der Waals surface area contributed by atoms with E-state index in [4.69, 9.17) is 14.2 Å². The first-order valence-corrected chi connectivity index (χ1v) is 12.8. The Kier molecular flexibility index (Phi) is 6.64. The quantitative estimate of drug-likeness (QED) is 0.368. The smallest absolute Gasteiger partial charge is 0.337 e. The number of carbonyl (C=O) groups is 1. The van der Waals surface area contributed by atoms with Gasteiger partial charge in [-0.15, -0.1) is 0 Å². The number of nitrogens with zero attached hydrogens (tertiary/aromatic N) is 2. The van der Waals surface area contributed by atoms with Gasteiger partial charge in [-0.1, -0.05) is 12.1 Å². The number of pyridine rings is 2. The first-order chi connectivity index (χ1) is 17.8. The molecule has 0 atom stereocenters. The van der Waals surface area contributed by atoms with E-state index in [-0.39, 0.29) is 29.1 Å². The number of methoxy groups -OCH3 is 1. The summed E-state index contributed by atoms with van der Waals surface area (Å²) in [7, 11) is -2.93. The van der Waals surface area contributed by atoms with Crippen LogP contribution in [-0.2, 0) is 27.8 Å². The summed E-state index contributed by atoms with van der Waals surface area (Å²) in [5.41, 5.74) is 1.08. The van der Waals surface area contributed by atoms with Gasteiger partial charge in [0.2, 0.25) is 10.0 Å². The SMILES string of the molecule is COC(=O)c1cccc(S(=O)(=O)N(Cc2cccnc2)Cc2cc3cc4c(cc3[nH]c2=O)OCCO4)c1. The number of H-pyrrole nitrogens is 1. The lowest BCUT2D eigenvalue weighted by molar-refractivity contribution is 0.0600. The highest BCUT2D eigenvalue weighted by Gasteiger charge is 2.27. The van der Waals surface area contributed by atoms with Crippen molar-refractivity contribution in [1.82, 2.24) is 14.3 Å². The molecule has 1 aliphatic rings. The molecule has 37 heavy (non-hydrogen) atoms. The topological polar surface area (TPSA) is 128 Å². The average Bonchev–Trinajstić information content (AvgIpc) is 2.92. The third-order valence-electron chi connectivity index (χ3n) is 5.91. The number of hydrogen-bond acceptors (Lipinski definition) is 8. The first kappa shape index (κ1) is 24.5. The van der Waals surface area contributed by atoms with Gasteiger partial charge in [-0.05, 0) is 42.0 Å². The van der Waals surface area contributed by atoms with Crippen LogP contribution in [0.15, 0.2) is 76.7 Å². The minimum Gasteiger partial charge on any atom is -0.486 e. The van der Waals surface area contributed by atoms with Crippen molar-refractivity contribution >= 4 is 26.9 Å². The maximum absolute atomic E-state index is 13.8. The van der Waals surface area contributed by atoms with Crippen molar-refractivity contribution in [2.24, 2.45) is 0 Å². The van der Waals surface area contributed by atoms with Gasteiger partial charge in [-0.3, -0.25) is 9.78 Å². The fraction of sp³-hybridized carbons (Fsp3) is 0.192. The molecule has 1 aliphatic heterocycles. The van der Waals surface area contributed by atoms with Crippen LogP contribution in [0.3, 0.4) is 0 Å². The minimum absolute atomic E-state index is 0.0444. The Hall–Kier alpha value is -4.22. The van der Waals surface area contributed by atoms with Crippen LogP contribution in [0.25, 0.3) is 10.9 Å². The van der Waals surface area contributed by atoms with Crippen LogP contribution < -0.4 is 15.0 Å². The summed E-state index contributed by atoms with van der Waals surface area (Å²) in [6.45, 7) is 0.562. The molecule has 0 saturated heterocycles. The molecule has 0 unspecified atom stereocenters. The molecule has 0 bridgehead atoms. The maximum atomic E-state index is 13.8. The first-order valence-electron chi connectivity index (χ1n) is 11.4. The monoisotopic (exact) mass is 521 g/mol. The summed E-state index contributed by atoms with van der Waals surface area (Å²) in [6, 6.07) is 14.1. The fourth-order valence-electron chi connectivity index (χ4n) is 4.07. The van der Waals surface area contributed by atoms with Crippen molar-refractivity contribution in [1.29, 1.82) is 0 Å². The van der Waals surface area contributed by atoms with Crippen molar-refractivity contribution in [3.05, 3.63) is 94.0 Å². The lowest BCUT2D eigenvalue weighted by Crippen LogP contribution is -2.32. The Morgan fingerprint density at radius 2 is 1.84 bits per heavy atom. The molecule has 0 fully saturated rings. The van der Waals surface area contributed by atoms with E-state index in [2.05, 4.69) is 9.97 Å². The number of carbonyl (C=O) groups excluding carboxylic acids is 1. The van der Waals surface area contributed by atoms with Gasteiger partial charge >= 0.3 is 5.97 Å². The van der Waals surface area contributed by atoms with Gasteiger partial charge in [-0.2, -0.15) is 4.31 Å². The molecule has 10 nitrogen and oxygen atoms in total. The Labute approximate surface area is 212 Å². The zero-order valence-electron chi connectivity index (χ0n) is 19.8. The molecule has 4 aromatic rings. The zero-order chi connectivity index (χ0) is 26.0. The Bertz CT molecular complexity index is 1640. The molecule has 0 amide bonds. The van der Waals surface area contributed by atoms with Gasteiger partial charge in [0.15, 0.2) is 11.5 Å². The number of nitrogens with one attached hydrogen (secondary N) is 1. The highest BCUT2D eigenvalue weighted by molar-refractivity contribution is 7.89. The third-order valence-corrected chi connectivity index (χ3v) is 7.69. The summed E-state index contributed by atoms with van der Waals surface area (Å²) < 4.78 is 44.7. The van der Waals surface area contributed by atoms with Gasteiger partial charge in [-0.25, -0.2) is 13.2 Å². The lowest BCUT2D eigenvalue weighted by atomic mass is 10.1. The molecule has 11 heteroatoms. The second kappa shape index (κ2) is 10.0. The van der Waals surface area contributed by atoms with E-state index >= 15 is 0 Å². The summed E-state index contributed by atoms with van der Waals surface area (Å²) in [4.78, 5) is 31.8. The molecule has 0 saturated carbocycles. The third kappa shape index (κ3) is 5.04. The van der Waals surface area contributed by atoms with Gasteiger partial charge < -0.3 is 19.2 Å².